The summed E-state index contributed by atoms with van der Waals surface area (Å²) in [7, 11) is -9.03. The molecule has 2 aliphatic rings. The van der Waals surface area contributed by atoms with Crippen molar-refractivity contribution in [1.82, 2.24) is 24.8 Å². The first kappa shape index (κ1) is 34.3. The zero-order valence-electron chi connectivity index (χ0n) is 24.8. The normalized spacial score (nSPS) is 24.1. The Labute approximate surface area is 262 Å². The van der Waals surface area contributed by atoms with E-state index in [1.54, 1.807) is 18.4 Å². The minimum atomic E-state index is -4.63. The Bertz CT molecular complexity index is 1640. The summed E-state index contributed by atoms with van der Waals surface area (Å²) in [5.74, 6) is -0.818. The van der Waals surface area contributed by atoms with Crippen molar-refractivity contribution in [2.24, 2.45) is 0 Å². The molecule has 2 aromatic heterocycles. The molecule has 2 aliphatic heterocycles. The fraction of sp³-hybridized carbons (Fsp3) is 0.538. The highest BCUT2D eigenvalue weighted by molar-refractivity contribution is 7.60. The van der Waals surface area contributed by atoms with Crippen LogP contribution >= 0.6 is 15.2 Å². The molecule has 0 bridgehead atoms. The van der Waals surface area contributed by atoms with Crippen LogP contribution in [0.1, 0.15) is 44.9 Å². The number of benzene rings is 1. The van der Waals surface area contributed by atoms with Gasteiger partial charge in [0.15, 0.2) is 23.5 Å². The van der Waals surface area contributed by atoms with Crippen LogP contribution in [0.5, 0.6) is 0 Å². The third-order valence-corrected chi connectivity index (χ3v) is 10.2. The summed E-state index contributed by atoms with van der Waals surface area (Å²) in [4.78, 5) is 62.9. The molecular formula is C26H36N6O12P2. The van der Waals surface area contributed by atoms with E-state index in [0.717, 1.165) is 0 Å². The molecular weight excluding hydrogens is 650 g/mol. The number of hydrogen-bond acceptors (Lipinski definition) is 12. The van der Waals surface area contributed by atoms with Gasteiger partial charge >= 0.3 is 21.3 Å². The molecule has 18 nitrogen and oxygen atoms in total. The highest BCUT2D eigenvalue weighted by atomic mass is 31.2. The van der Waals surface area contributed by atoms with E-state index in [4.69, 9.17) is 24.7 Å². The Kier molecular flexibility index (Phi) is 9.88. The predicted octanol–water partition coefficient (Wildman–Crippen LogP) is 0.633. The molecule has 8 N–H and O–H groups in total. The van der Waals surface area contributed by atoms with Crippen molar-refractivity contribution >= 4 is 43.6 Å². The van der Waals surface area contributed by atoms with E-state index in [9.17, 15) is 38.6 Å². The van der Waals surface area contributed by atoms with Gasteiger partial charge < -0.3 is 54.7 Å². The smallest absolute Gasteiger partial charge is 0.407 e. The van der Waals surface area contributed by atoms with Crippen LogP contribution in [0.3, 0.4) is 0 Å². The van der Waals surface area contributed by atoms with E-state index in [1.807, 2.05) is 0 Å². The van der Waals surface area contributed by atoms with Gasteiger partial charge in [0, 0.05) is 6.54 Å². The van der Waals surface area contributed by atoms with Crippen molar-refractivity contribution in [1.29, 1.82) is 0 Å². The van der Waals surface area contributed by atoms with Crippen molar-refractivity contribution in [3.63, 3.8) is 0 Å². The van der Waals surface area contributed by atoms with Crippen LogP contribution in [0.15, 0.2) is 36.9 Å². The molecule has 1 aromatic carbocycles. The summed E-state index contributed by atoms with van der Waals surface area (Å²) in [6.45, 7) is 3.13. The van der Waals surface area contributed by atoms with Gasteiger partial charge in [0.25, 0.3) is 0 Å². The summed E-state index contributed by atoms with van der Waals surface area (Å²) in [6, 6.07) is 5.26. The van der Waals surface area contributed by atoms with Crippen molar-refractivity contribution in [3.05, 3.63) is 42.5 Å². The van der Waals surface area contributed by atoms with Crippen molar-refractivity contribution < 1.29 is 57.6 Å². The number of aliphatic hydroxyl groups excluding tert-OH is 1. The van der Waals surface area contributed by atoms with Gasteiger partial charge in [-0.25, -0.2) is 19.7 Å². The number of nitrogen functional groups attached to an aromatic ring is 1. The molecule has 46 heavy (non-hydrogen) atoms. The number of hydrogen-bond donors (Lipinski definition) is 7. The number of imidazole rings is 1. The van der Waals surface area contributed by atoms with Gasteiger partial charge in [-0.1, -0.05) is 12.1 Å². The summed E-state index contributed by atoms with van der Waals surface area (Å²) >= 11 is 0. The maximum absolute atomic E-state index is 12.3. The molecule has 252 valence electrons. The number of ether oxygens (including phenoxy) is 4. The van der Waals surface area contributed by atoms with Gasteiger partial charge in [0.05, 0.1) is 23.4 Å². The van der Waals surface area contributed by atoms with Crippen LogP contribution in [0.2, 0.25) is 0 Å². The van der Waals surface area contributed by atoms with Gasteiger partial charge in [-0.3, -0.25) is 13.7 Å². The Hall–Kier alpha value is -3.02. The second-order valence-electron chi connectivity index (χ2n) is 11.5. The summed E-state index contributed by atoms with van der Waals surface area (Å²) in [5, 5.41) is 13.5. The molecule has 2 unspecified atom stereocenters. The van der Waals surface area contributed by atoms with Gasteiger partial charge in [0.1, 0.15) is 36.8 Å². The minimum Gasteiger partial charge on any atom is -0.445 e. The molecule has 0 saturated carbocycles. The number of nitrogens with one attached hydrogen (secondary N) is 1. The number of aliphatic hydroxyl groups is 1. The van der Waals surface area contributed by atoms with Gasteiger partial charge in [-0.2, -0.15) is 0 Å². The first-order valence-electron chi connectivity index (χ1n) is 14.3. The number of rotatable bonds is 12. The van der Waals surface area contributed by atoms with Crippen molar-refractivity contribution in [2.45, 2.75) is 81.8 Å². The number of nitrogens with zero attached hydrogens (tertiary/aromatic N) is 4. The van der Waals surface area contributed by atoms with Crippen LogP contribution in [0.4, 0.5) is 10.6 Å². The fourth-order valence-electron chi connectivity index (χ4n) is 5.53. The lowest BCUT2D eigenvalue weighted by molar-refractivity contribution is -0.207. The van der Waals surface area contributed by atoms with E-state index < -0.39 is 63.4 Å². The SMILES string of the molecule is CC1(C)O[C@@H]2[C@H](O1)[C@@H](C(O)CCC(CCNC(=O)OCc1ccc(P(=O)(O)O)cc1)P(=O)(O)O)O[C@H]2n1cnc2c(N)ncnc21. The van der Waals surface area contributed by atoms with Crippen LogP contribution in [0.25, 0.3) is 11.2 Å². The number of amides is 1. The number of nitrogens with two attached hydrogens (primary N) is 1. The van der Waals surface area contributed by atoms with Gasteiger partial charge in [-0.15, -0.1) is 0 Å². The molecule has 3 aromatic rings. The van der Waals surface area contributed by atoms with Crippen LogP contribution in [-0.2, 0) is 34.7 Å². The summed E-state index contributed by atoms with van der Waals surface area (Å²) in [6.07, 6.45) is -2.66. The van der Waals surface area contributed by atoms with E-state index in [0.29, 0.717) is 16.7 Å². The zero-order valence-corrected chi connectivity index (χ0v) is 26.6. The van der Waals surface area contributed by atoms with Crippen molar-refractivity contribution in [3.8, 4) is 0 Å². The average Bonchev–Trinajstić information content (AvgIpc) is 3.63. The number of carbonyl (C=O) groups excluding carboxylic acids is 1. The number of alkyl carbamates (subject to hydrolysis) is 1. The van der Waals surface area contributed by atoms with Crippen LogP contribution < -0.4 is 16.4 Å². The molecule has 2 saturated heterocycles. The summed E-state index contributed by atoms with van der Waals surface area (Å²) < 4.78 is 48.6. The molecule has 2 fully saturated rings. The van der Waals surface area contributed by atoms with Crippen molar-refractivity contribution in [2.75, 3.05) is 12.3 Å². The second kappa shape index (κ2) is 13.2. The Morgan fingerprint density at radius 1 is 1.07 bits per heavy atom. The molecule has 20 heteroatoms. The highest BCUT2D eigenvalue weighted by Gasteiger charge is 2.58. The predicted molar refractivity (Wildman–Crippen MR) is 159 cm³/mol. The van der Waals surface area contributed by atoms with Gasteiger partial charge in [0.2, 0.25) is 0 Å². The lowest BCUT2D eigenvalue weighted by Crippen LogP contribution is -2.39. The molecule has 0 radical (unpaired) electrons. The molecule has 1 amide bonds. The Morgan fingerprint density at radius 3 is 2.43 bits per heavy atom. The third kappa shape index (κ3) is 7.74. The fourth-order valence-corrected chi connectivity index (χ4v) is 7.02. The molecule has 4 heterocycles. The number of aromatic nitrogens is 4. The third-order valence-electron chi connectivity index (χ3n) is 7.77. The Balaban J connectivity index is 1.16. The van der Waals surface area contributed by atoms with Gasteiger partial charge in [-0.05, 0) is 50.8 Å². The monoisotopic (exact) mass is 686 g/mol. The maximum Gasteiger partial charge on any atom is 0.407 e. The first-order valence-corrected chi connectivity index (χ1v) is 17.6. The number of fused-ring (bicyclic) bond motifs is 2. The highest BCUT2D eigenvalue weighted by Crippen LogP contribution is 2.48. The summed E-state index contributed by atoms with van der Waals surface area (Å²) in [5.41, 5.74) is 5.97. The number of carbonyl (C=O) groups is 1. The van der Waals surface area contributed by atoms with E-state index in [1.165, 1.54) is 36.9 Å². The van der Waals surface area contributed by atoms with Crippen LogP contribution in [-0.4, -0.2) is 92.7 Å². The average molecular weight is 687 g/mol. The van der Waals surface area contributed by atoms with E-state index in [2.05, 4.69) is 20.3 Å². The molecule has 0 aliphatic carbocycles. The van der Waals surface area contributed by atoms with E-state index >= 15 is 0 Å². The minimum absolute atomic E-state index is 0.0605. The molecule has 0 spiro atoms. The maximum atomic E-state index is 12.3. The second-order valence-corrected chi connectivity index (χ2v) is 15.0. The molecule has 6 atom stereocenters. The Morgan fingerprint density at radius 2 is 1.76 bits per heavy atom. The lowest BCUT2D eigenvalue weighted by atomic mass is 10.0. The quantitative estimate of drug-likeness (QED) is 0.129. The molecule has 5 rings (SSSR count). The standard InChI is InChI=1S/C26H36N6O12P2/c1-26(2)43-20-19(42-24(21(20)44-26)32-13-31-18-22(27)29-12-30-23(18)32)17(33)8-7-16(46(38,39)40)9-10-28-25(34)41-11-14-3-5-15(6-4-14)45(35,36)37/h3-6,12-13,16-17,19-21,24,33H,7-11H2,1-2H3,(H,28,34)(H2,27,29,30)(H2,35,36,37)(H2,38,39,40)/t16?,17?,19-,20-,21-,24-/m1/s1. The lowest BCUT2D eigenvalue weighted by Gasteiger charge is -2.27. The first-order chi connectivity index (χ1) is 21.5. The number of anilines is 1. The topological polar surface area (TPSA) is 271 Å². The largest absolute Gasteiger partial charge is 0.445 e. The van der Waals surface area contributed by atoms with Crippen LogP contribution in [0, 0.1) is 0 Å². The van der Waals surface area contributed by atoms with E-state index in [-0.39, 0.29) is 43.5 Å². The zero-order chi connectivity index (χ0) is 33.4.